The third-order valence-electron chi connectivity index (χ3n) is 6.53. The first kappa shape index (κ1) is 26.7. The van der Waals surface area contributed by atoms with E-state index < -0.39 is 0 Å². The number of amides is 1. The van der Waals surface area contributed by atoms with Gasteiger partial charge in [0.1, 0.15) is 11.6 Å². The quantitative estimate of drug-likeness (QED) is 0.188. The van der Waals surface area contributed by atoms with Crippen LogP contribution in [0.3, 0.4) is 0 Å². The molecule has 0 aliphatic heterocycles. The molecule has 3 aromatic carbocycles. The molecule has 1 amide bonds. The zero-order valence-corrected chi connectivity index (χ0v) is 22.5. The summed E-state index contributed by atoms with van der Waals surface area (Å²) in [6, 6.07) is 23.6. The lowest BCUT2D eigenvalue weighted by atomic mass is 10.0. The molecule has 194 valence electrons. The summed E-state index contributed by atoms with van der Waals surface area (Å²) in [6.45, 7) is 6.59. The molecule has 0 aliphatic rings. The predicted molar refractivity (Wildman–Crippen MR) is 152 cm³/mol. The Hall–Kier alpha value is -3.31. The van der Waals surface area contributed by atoms with Gasteiger partial charge in [0.25, 0.3) is 5.91 Å². The Labute approximate surface area is 224 Å². The van der Waals surface area contributed by atoms with Crippen molar-refractivity contribution in [3.05, 3.63) is 94.8 Å². The lowest BCUT2D eigenvalue weighted by molar-refractivity contribution is 0.0953. The van der Waals surface area contributed by atoms with E-state index >= 15 is 0 Å². The summed E-state index contributed by atoms with van der Waals surface area (Å²) in [7, 11) is 0. The summed E-state index contributed by atoms with van der Waals surface area (Å²) >= 11 is 5.90. The summed E-state index contributed by atoms with van der Waals surface area (Å²) in [5.74, 6) is 2.48. The number of halogens is 1. The summed E-state index contributed by atoms with van der Waals surface area (Å²) < 4.78 is 8.50. The van der Waals surface area contributed by atoms with Gasteiger partial charge in [0.05, 0.1) is 17.6 Å². The molecular weight excluding hydrogens is 482 g/mol. The maximum atomic E-state index is 12.2. The van der Waals surface area contributed by atoms with E-state index in [0.29, 0.717) is 29.7 Å². The van der Waals surface area contributed by atoms with Crippen LogP contribution in [0.4, 0.5) is 0 Å². The van der Waals surface area contributed by atoms with Crippen LogP contribution >= 0.6 is 11.6 Å². The Morgan fingerprint density at radius 2 is 1.70 bits per heavy atom. The molecule has 37 heavy (non-hydrogen) atoms. The van der Waals surface area contributed by atoms with Gasteiger partial charge in [-0.05, 0) is 73.2 Å². The van der Waals surface area contributed by atoms with E-state index in [1.165, 1.54) is 11.1 Å². The van der Waals surface area contributed by atoms with Crippen molar-refractivity contribution in [2.75, 3.05) is 13.2 Å². The number of imidazole rings is 1. The van der Waals surface area contributed by atoms with Crippen LogP contribution in [0.1, 0.15) is 67.2 Å². The van der Waals surface area contributed by atoms with Crippen molar-refractivity contribution in [2.45, 2.75) is 58.4 Å². The normalized spacial score (nSPS) is 11.2. The van der Waals surface area contributed by atoms with Crippen LogP contribution < -0.4 is 10.1 Å². The van der Waals surface area contributed by atoms with Crippen molar-refractivity contribution in [1.29, 1.82) is 0 Å². The van der Waals surface area contributed by atoms with Crippen molar-refractivity contribution in [3.8, 4) is 5.75 Å². The summed E-state index contributed by atoms with van der Waals surface area (Å²) in [6.07, 6.45) is 4.81. The molecule has 0 saturated heterocycles. The molecular formula is C31H36ClN3O2. The van der Waals surface area contributed by atoms with Crippen LogP contribution in [0.25, 0.3) is 11.0 Å². The van der Waals surface area contributed by atoms with Gasteiger partial charge in [0, 0.05) is 30.1 Å². The Bertz CT molecular complexity index is 1300. The zero-order chi connectivity index (χ0) is 26.0. The Kier molecular flexibility index (Phi) is 9.61. The van der Waals surface area contributed by atoms with Crippen molar-refractivity contribution >= 4 is 28.5 Å². The number of fused-ring (bicyclic) bond motifs is 1. The van der Waals surface area contributed by atoms with E-state index in [2.05, 4.69) is 60.1 Å². The number of benzene rings is 3. The van der Waals surface area contributed by atoms with Crippen molar-refractivity contribution in [1.82, 2.24) is 14.9 Å². The third kappa shape index (κ3) is 7.36. The molecule has 0 radical (unpaired) electrons. The van der Waals surface area contributed by atoms with Crippen LogP contribution in [-0.4, -0.2) is 28.6 Å². The van der Waals surface area contributed by atoms with Crippen molar-refractivity contribution in [3.63, 3.8) is 0 Å². The second-order valence-corrected chi connectivity index (χ2v) is 10.1. The van der Waals surface area contributed by atoms with Gasteiger partial charge in [-0.1, -0.05) is 62.2 Å². The van der Waals surface area contributed by atoms with Gasteiger partial charge in [-0.15, -0.1) is 0 Å². The van der Waals surface area contributed by atoms with Gasteiger partial charge in [0.15, 0.2) is 0 Å². The fraction of sp³-hybridized carbons (Fsp3) is 0.355. The SMILES string of the molecule is CC(C)c1ccccc1OCCCn1c(CCCCCNC(=O)c2ccc(Cl)cc2)nc2ccccc21. The number of hydrogen-bond acceptors (Lipinski definition) is 3. The number of aryl methyl sites for hydroxylation is 2. The molecule has 0 spiro atoms. The first-order valence-corrected chi connectivity index (χ1v) is 13.6. The highest BCUT2D eigenvalue weighted by atomic mass is 35.5. The number of hydrogen-bond donors (Lipinski definition) is 1. The van der Waals surface area contributed by atoms with Gasteiger partial charge in [-0.3, -0.25) is 4.79 Å². The van der Waals surface area contributed by atoms with Crippen LogP contribution in [0.2, 0.25) is 5.02 Å². The lowest BCUT2D eigenvalue weighted by Crippen LogP contribution is -2.24. The maximum absolute atomic E-state index is 12.2. The van der Waals surface area contributed by atoms with Crippen LogP contribution in [0.15, 0.2) is 72.8 Å². The molecule has 1 heterocycles. The molecule has 4 rings (SSSR count). The van der Waals surface area contributed by atoms with Crippen LogP contribution in [-0.2, 0) is 13.0 Å². The number of carbonyl (C=O) groups excluding carboxylic acids is 1. The van der Waals surface area contributed by atoms with Crippen molar-refractivity contribution < 1.29 is 9.53 Å². The van der Waals surface area contributed by atoms with Crippen molar-refractivity contribution in [2.24, 2.45) is 0 Å². The molecule has 0 aliphatic carbocycles. The van der Waals surface area contributed by atoms with Gasteiger partial charge >= 0.3 is 0 Å². The van der Waals surface area contributed by atoms with Gasteiger partial charge in [-0.2, -0.15) is 0 Å². The van der Waals surface area contributed by atoms with E-state index in [1.807, 2.05) is 12.1 Å². The molecule has 5 nitrogen and oxygen atoms in total. The van der Waals surface area contributed by atoms with Gasteiger partial charge in [0.2, 0.25) is 0 Å². The minimum Gasteiger partial charge on any atom is -0.493 e. The van der Waals surface area contributed by atoms with Crippen LogP contribution in [0, 0.1) is 0 Å². The first-order valence-electron chi connectivity index (χ1n) is 13.2. The molecule has 4 aromatic rings. The number of aromatic nitrogens is 2. The highest BCUT2D eigenvalue weighted by Crippen LogP contribution is 2.26. The second kappa shape index (κ2) is 13.3. The number of carbonyl (C=O) groups is 1. The Morgan fingerprint density at radius 1 is 0.946 bits per heavy atom. The summed E-state index contributed by atoms with van der Waals surface area (Å²) in [5, 5.41) is 3.62. The molecule has 1 aromatic heterocycles. The number of para-hydroxylation sites is 3. The lowest BCUT2D eigenvalue weighted by Gasteiger charge is -2.14. The number of ether oxygens (including phenoxy) is 1. The Balaban J connectivity index is 1.26. The predicted octanol–water partition coefficient (Wildman–Crippen LogP) is 7.43. The van der Waals surface area contributed by atoms with Gasteiger partial charge in [-0.25, -0.2) is 4.98 Å². The average Bonchev–Trinajstić information content (AvgIpc) is 3.26. The minimum atomic E-state index is -0.0586. The van der Waals surface area contributed by atoms with E-state index in [1.54, 1.807) is 24.3 Å². The molecule has 0 bridgehead atoms. The molecule has 0 fully saturated rings. The molecule has 0 atom stereocenters. The van der Waals surface area contributed by atoms with E-state index in [0.717, 1.165) is 55.7 Å². The number of unbranched alkanes of at least 4 members (excludes halogenated alkanes) is 2. The van der Waals surface area contributed by atoms with E-state index in [4.69, 9.17) is 21.3 Å². The standard InChI is InChI=1S/C31H36ClN3O2/c1-23(2)26-11-5-8-14-29(26)37-22-10-21-35-28-13-7-6-12-27(28)34-30(35)15-4-3-9-20-33-31(36)24-16-18-25(32)19-17-24/h5-8,11-14,16-19,23H,3-4,9-10,15,20-22H2,1-2H3,(H,33,36). The topological polar surface area (TPSA) is 56.1 Å². The van der Waals surface area contributed by atoms with E-state index in [-0.39, 0.29) is 5.91 Å². The minimum absolute atomic E-state index is 0.0586. The number of rotatable bonds is 13. The fourth-order valence-corrected chi connectivity index (χ4v) is 4.68. The number of nitrogens with one attached hydrogen (secondary N) is 1. The molecule has 0 unspecified atom stereocenters. The highest BCUT2D eigenvalue weighted by molar-refractivity contribution is 6.30. The smallest absolute Gasteiger partial charge is 0.251 e. The molecule has 0 saturated carbocycles. The van der Waals surface area contributed by atoms with Gasteiger partial charge < -0.3 is 14.6 Å². The first-order chi connectivity index (χ1) is 18.0. The second-order valence-electron chi connectivity index (χ2n) is 9.64. The fourth-order valence-electron chi connectivity index (χ4n) is 4.55. The number of nitrogens with zero attached hydrogens (tertiary/aromatic N) is 2. The molecule has 6 heteroatoms. The van der Waals surface area contributed by atoms with E-state index in [9.17, 15) is 4.79 Å². The summed E-state index contributed by atoms with van der Waals surface area (Å²) in [4.78, 5) is 17.2. The third-order valence-corrected chi connectivity index (χ3v) is 6.78. The zero-order valence-electron chi connectivity index (χ0n) is 21.8. The highest BCUT2D eigenvalue weighted by Gasteiger charge is 2.11. The Morgan fingerprint density at radius 3 is 2.51 bits per heavy atom. The maximum Gasteiger partial charge on any atom is 0.251 e. The largest absolute Gasteiger partial charge is 0.493 e. The molecule has 1 N–H and O–H groups in total. The monoisotopic (exact) mass is 517 g/mol. The average molecular weight is 518 g/mol. The summed E-state index contributed by atoms with van der Waals surface area (Å²) in [5.41, 5.74) is 4.10. The van der Waals surface area contributed by atoms with Crippen LogP contribution in [0.5, 0.6) is 5.75 Å².